The van der Waals surface area contributed by atoms with Crippen LogP contribution in [0.15, 0.2) is 59.0 Å². The number of methoxy groups -OCH3 is 1. The molecule has 2 aromatic carbocycles. The number of para-hydroxylation sites is 1. The van der Waals surface area contributed by atoms with E-state index in [2.05, 4.69) is 10.3 Å². The second-order valence-electron chi connectivity index (χ2n) is 8.37. The Bertz CT molecular complexity index is 1390. The maximum Gasteiger partial charge on any atom is 0.342 e. The van der Waals surface area contributed by atoms with Crippen molar-refractivity contribution >= 4 is 45.2 Å². The summed E-state index contributed by atoms with van der Waals surface area (Å²) in [4.78, 5) is 44.7. The number of nitrogens with one attached hydrogen (secondary N) is 1. The third-order valence-electron chi connectivity index (χ3n) is 6.02. The molecule has 0 spiro atoms. The molecule has 1 fully saturated rings. The number of carbonyl (C=O) groups is 3. The largest absolute Gasteiger partial charge is 0.465 e. The smallest absolute Gasteiger partial charge is 0.342 e. The quantitative estimate of drug-likeness (QED) is 0.396. The molecule has 1 aliphatic rings. The number of carbonyl (C=O) groups excluding carboxylic acids is 3. The van der Waals surface area contributed by atoms with Crippen LogP contribution in [-0.4, -0.2) is 41.3 Å². The predicted molar refractivity (Wildman–Crippen MR) is 132 cm³/mol. The first kappa shape index (κ1) is 22.8. The topological polar surface area (TPSA) is 102 Å². The summed E-state index contributed by atoms with van der Waals surface area (Å²) in [7, 11) is 1.29. The highest BCUT2D eigenvalue weighted by Crippen LogP contribution is 2.41. The normalized spacial score (nSPS) is 15.5. The van der Waals surface area contributed by atoms with Crippen molar-refractivity contribution in [2.75, 3.05) is 19.0 Å². The molecule has 4 aromatic rings. The zero-order chi connectivity index (χ0) is 24.5. The lowest BCUT2D eigenvalue weighted by Crippen LogP contribution is -2.28. The number of nitrogens with zero attached hydrogens (tertiary/aromatic N) is 2. The van der Waals surface area contributed by atoms with Crippen LogP contribution in [0.5, 0.6) is 0 Å². The summed E-state index contributed by atoms with van der Waals surface area (Å²) in [5.74, 6) is -1.10. The third kappa shape index (κ3) is 4.42. The number of anilines is 1. The van der Waals surface area contributed by atoms with E-state index in [1.807, 2.05) is 54.6 Å². The molecular weight excluding hydrogens is 466 g/mol. The Morgan fingerprint density at radius 1 is 1.17 bits per heavy atom. The number of hydrogen-bond acceptors (Lipinski definition) is 7. The maximum absolute atomic E-state index is 13.2. The fraction of sp³-hybridized carbons (Fsp3) is 0.231. The van der Waals surface area contributed by atoms with Gasteiger partial charge in [0.15, 0.2) is 0 Å². The fourth-order valence-electron chi connectivity index (χ4n) is 4.28. The number of thiazole rings is 1. The number of aromatic nitrogens is 1. The summed E-state index contributed by atoms with van der Waals surface area (Å²) in [5, 5.41) is 3.35. The van der Waals surface area contributed by atoms with Crippen LogP contribution in [-0.2, 0) is 20.9 Å². The second kappa shape index (κ2) is 9.34. The molecule has 1 saturated heterocycles. The average molecular weight is 490 g/mol. The van der Waals surface area contributed by atoms with Crippen molar-refractivity contribution in [3.63, 3.8) is 0 Å². The SMILES string of the molecule is COC(=O)c1c(C)oc(NC(=O)C2CC(=O)N(Cc3ccccc3)C2)c1-c1nc2ccccc2s1. The van der Waals surface area contributed by atoms with Gasteiger partial charge in [0.1, 0.15) is 16.3 Å². The van der Waals surface area contributed by atoms with Gasteiger partial charge in [-0.1, -0.05) is 42.5 Å². The standard InChI is InChI=1S/C26H23N3O5S/c1-15-21(26(32)33-2)22(25-27-18-10-6-7-11-19(18)35-25)24(34-15)28-23(31)17-12-20(30)29(14-17)13-16-8-4-3-5-9-16/h3-11,17H,12-14H2,1-2H3,(H,28,31). The number of aryl methyl sites for hydroxylation is 1. The number of furan rings is 1. The Balaban J connectivity index is 1.42. The van der Waals surface area contributed by atoms with Gasteiger partial charge in [-0.05, 0) is 24.6 Å². The van der Waals surface area contributed by atoms with Crippen LogP contribution in [0.4, 0.5) is 5.88 Å². The Kier molecular flexibility index (Phi) is 6.08. The van der Waals surface area contributed by atoms with Crippen molar-refractivity contribution in [1.82, 2.24) is 9.88 Å². The van der Waals surface area contributed by atoms with Gasteiger partial charge in [0.2, 0.25) is 17.7 Å². The summed E-state index contributed by atoms with van der Waals surface area (Å²) in [6.07, 6.45) is 0.110. The van der Waals surface area contributed by atoms with Crippen LogP contribution in [0.2, 0.25) is 0 Å². The zero-order valence-electron chi connectivity index (χ0n) is 19.2. The summed E-state index contributed by atoms with van der Waals surface area (Å²) in [6.45, 7) is 2.39. The summed E-state index contributed by atoms with van der Waals surface area (Å²) in [5.41, 5.74) is 2.38. The van der Waals surface area contributed by atoms with Crippen LogP contribution in [0.1, 0.15) is 28.1 Å². The number of fused-ring (bicyclic) bond motifs is 1. The molecule has 5 rings (SSSR count). The van der Waals surface area contributed by atoms with Crippen molar-refractivity contribution in [2.45, 2.75) is 19.9 Å². The van der Waals surface area contributed by atoms with Crippen LogP contribution in [0.25, 0.3) is 20.8 Å². The molecular formula is C26H23N3O5S. The molecule has 0 bridgehead atoms. The van der Waals surface area contributed by atoms with Gasteiger partial charge in [-0.15, -0.1) is 11.3 Å². The van der Waals surface area contributed by atoms with Crippen molar-refractivity contribution < 1.29 is 23.5 Å². The molecule has 3 heterocycles. The molecule has 0 aliphatic carbocycles. The number of likely N-dealkylation sites (tertiary alicyclic amines) is 1. The summed E-state index contributed by atoms with van der Waals surface area (Å²) >= 11 is 1.39. The highest BCUT2D eigenvalue weighted by Gasteiger charge is 2.36. The summed E-state index contributed by atoms with van der Waals surface area (Å²) < 4.78 is 11.7. The zero-order valence-corrected chi connectivity index (χ0v) is 20.1. The molecule has 1 N–H and O–H groups in total. The minimum atomic E-state index is -0.578. The Labute approximate surface area is 205 Å². The first-order valence-electron chi connectivity index (χ1n) is 11.1. The van der Waals surface area contributed by atoms with Gasteiger partial charge in [0.25, 0.3) is 0 Å². The molecule has 1 unspecified atom stereocenters. The molecule has 8 nitrogen and oxygen atoms in total. The van der Waals surface area contributed by atoms with E-state index in [0.29, 0.717) is 29.4 Å². The molecule has 0 saturated carbocycles. The maximum atomic E-state index is 13.2. The Morgan fingerprint density at radius 2 is 1.91 bits per heavy atom. The van der Waals surface area contributed by atoms with Crippen LogP contribution >= 0.6 is 11.3 Å². The third-order valence-corrected chi connectivity index (χ3v) is 7.07. The number of rotatable bonds is 6. The number of ether oxygens (including phenoxy) is 1. The highest BCUT2D eigenvalue weighted by molar-refractivity contribution is 7.21. The van der Waals surface area contributed by atoms with E-state index in [1.165, 1.54) is 18.4 Å². The highest BCUT2D eigenvalue weighted by atomic mass is 32.1. The van der Waals surface area contributed by atoms with E-state index in [4.69, 9.17) is 9.15 Å². The molecule has 35 heavy (non-hydrogen) atoms. The lowest BCUT2D eigenvalue weighted by Gasteiger charge is -2.16. The van der Waals surface area contributed by atoms with E-state index < -0.39 is 11.9 Å². The summed E-state index contributed by atoms with van der Waals surface area (Å²) in [6, 6.07) is 17.3. The van der Waals surface area contributed by atoms with Crippen molar-refractivity contribution in [3.05, 3.63) is 71.5 Å². The molecule has 1 aliphatic heterocycles. The molecule has 1 atom stereocenters. The van der Waals surface area contributed by atoms with Gasteiger partial charge < -0.3 is 14.1 Å². The lowest BCUT2D eigenvalue weighted by atomic mass is 10.1. The number of hydrogen-bond donors (Lipinski definition) is 1. The Hall–Kier alpha value is -3.98. The average Bonchev–Trinajstić information content (AvgIpc) is 3.54. The lowest BCUT2D eigenvalue weighted by molar-refractivity contribution is -0.128. The van der Waals surface area contributed by atoms with Gasteiger partial charge >= 0.3 is 5.97 Å². The minimum absolute atomic E-state index is 0.0775. The molecule has 178 valence electrons. The second-order valence-corrected chi connectivity index (χ2v) is 9.40. The molecule has 9 heteroatoms. The van der Waals surface area contributed by atoms with E-state index in [1.54, 1.807) is 11.8 Å². The first-order valence-corrected chi connectivity index (χ1v) is 12.0. The fourth-order valence-corrected chi connectivity index (χ4v) is 5.30. The molecule has 2 aromatic heterocycles. The van der Waals surface area contributed by atoms with Gasteiger partial charge in [0.05, 0.1) is 28.8 Å². The van der Waals surface area contributed by atoms with E-state index in [-0.39, 0.29) is 29.7 Å². The van der Waals surface area contributed by atoms with Crippen molar-refractivity contribution in [3.8, 4) is 10.6 Å². The van der Waals surface area contributed by atoms with Gasteiger partial charge in [-0.2, -0.15) is 0 Å². The van der Waals surface area contributed by atoms with E-state index >= 15 is 0 Å². The van der Waals surface area contributed by atoms with Crippen LogP contribution < -0.4 is 5.32 Å². The van der Waals surface area contributed by atoms with Crippen LogP contribution in [0, 0.1) is 12.8 Å². The van der Waals surface area contributed by atoms with Crippen LogP contribution in [0.3, 0.4) is 0 Å². The predicted octanol–water partition coefficient (Wildman–Crippen LogP) is 4.64. The number of benzene rings is 2. The first-order chi connectivity index (χ1) is 16.9. The van der Waals surface area contributed by atoms with Gasteiger partial charge in [-0.3, -0.25) is 14.9 Å². The van der Waals surface area contributed by atoms with E-state index in [9.17, 15) is 14.4 Å². The van der Waals surface area contributed by atoms with Crippen molar-refractivity contribution in [1.29, 1.82) is 0 Å². The monoisotopic (exact) mass is 489 g/mol. The van der Waals surface area contributed by atoms with Crippen molar-refractivity contribution in [2.24, 2.45) is 5.92 Å². The number of amides is 2. The molecule has 0 radical (unpaired) electrons. The Morgan fingerprint density at radius 3 is 2.66 bits per heavy atom. The molecule has 2 amide bonds. The van der Waals surface area contributed by atoms with Gasteiger partial charge in [0, 0.05) is 19.5 Å². The van der Waals surface area contributed by atoms with Gasteiger partial charge in [-0.25, -0.2) is 9.78 Å². The van der Waals surface area contributed by atoms with E-state index in [0.717, 1.165) is 15.8 Å². The minimum Gasteiger partial charge on any atom is -0.465 e. The number of esters is 1.